The Bertz CT molecular complexity index is 694. The zero-order chi connectivity index (χ0) is 22.2. The standard InChI is InChI=1S/C22H36N4O2S/c1-14(2)12-13-23-21(29)26-25-20(28)18(15(3)4)24-19(27)16-8-10-17(11-9-16)22(5,6)7/h8-11,14-15,18H,12-13H2,1-7H3,(H,24,27)(H,25,28)(H2,23,26,29)/t18-/m0/s1. The van der Waals surface area contributed by atoms with Gasteiger partial charge in [-0.3, -0.25) is 20.4 Å². The highest BCUT2D eigenvalue weighted by Gasteiger charge is 2.25. The van der Waals surface area contributed by atoms with Crippen molar-refractivity contribution in [2.24, 2.45) is 11.8 Å². The largest absolute Gasteiger partial charge is 0.361 e. The first-order chi connectivity index (χ1) is 13.4. The third kappa shape index (κ3) is 8.81. The zero-order valence-corrected chi connectivity index (χ0v) is 19.5. The molecule has 1 atom stereocenters. The normalized spacial score (nSPS) is 12.4. The molecular formula is C22H36N4O2S. The van der Waals surface area contributed by atoms with Gasteiger partial charge in [0.2, 0.25) is 0 Å². The van der Waals surface area contributed by atoms with E-state index in [4.69, 9.17) is 12.2 Å². The fraction of sp³-hybridized carbons (Fsp3) is 0.591. The third-order valence-electron chi connectivity index (χ3n) is 4.56. The van der Waals surface area contributed by atoms with Crippen molar-refractivity contribution in [1.29, 1.82) is 0 Å². The highest BCUT2D eigenvalue weighted by atomic mass is 32.1. The minimum atomic E-state index is -0.684. The number of hydrogen-bond acceptors (Lipinski definition) is 3. The molecule has 0 fully saturated rings. The number of hydrazine groups is 1. The van der Waals surface area contributed by atoms with E-state index in [1.165, 1.54) is 0 Å². The highest BCUT2D eigenvalue weighted by molar-refractivity contribution is 7.80. The summed E-state index contributed by atoms with van der Waals surface area (Å²) >= 11 is 5.16. The van der Waals surface area contributed by atoms with Crippen LogP contribution >= 0.6 is 12.2 Å². The number of benzene rings is 1. The van der Waals surface area contributed by atoms with Gasteiger partial charge in [0, 0.05) is 12.1 Å². The number of thiocarbonyl (C=S) groups is 1. The lowest BCUT2D eigenvalue weighted by molar-refractivity contribution is -0.124. The van der Waals surface area contributed by atoms with Crippen molar-refractivity contribution in [2.45, 2.75) is 66.3 Å². The average molecular weight is 421 g/mol. The van der Waals surface area contributed by atoms with E-state index in [9.17, 15) is 9.59 Å². The molecule has 6 nitrogen and oxygen atoms in total. The number of nitrogens with one attached hydrogen (secondary N) is 4. The monoisotopic (exact) mass is 420 g/mol. The molecule has 0 aromatic heterocycles. The molecule has 0 saturated carbocycles. The molecule has 0 radical (unpaired) electrons. The van der Waals surface area contributed by atoms with Crippen molar-refractivity contribution in [3.63, 3.8) is 0 Å². The van der Waals surface area contributed by atoms with Crippen LogP contribution in [-0.4, -0.2) is 29.5 Å². The van der Waals surface area contributed by atoms with Crippen LogP contribution in [0.25, 0.3) is 0 Å². The molecule has 29 heavy (non-hydrogen) atoms. The number of amides is 2. The first-order valence-corrected chi connectivity index (χ1v) is 10.6. The van der Waals surface area contributed by atoms with Gasteiger partial charge in [0.25, 0.3) is 11.8 Å². The topological polar surface area (TPSA) is 82.3 Å². The Kier molecular flexibility index (Phi) is 9.56. The summed E-state index contributed by atoms with van der Waals surface area (Å²) in [5.41, 5.74) is 6.97. The van der Waals surface area contributed by atoms with Gasteiger partial charge >= 0.3 is 0 Å². The van der Waals surface area contributed by atoms with E-state index in [0.29, 0.717) is 16.6 Å². The van der Waals surface area contributed by atoms with Gasteiger partial charge in [0.15, 0.2) is 5.11 Å². The maximum absolute atomic E-state index is 12.6. The van der Waals surface area contributed by atoms with Crippen LogP contribution in [0, 0.1) is 11.8 Å². The molecule has 0 aliphatic carbocycles. The minimum Gasteiger partial charge on any atom is -0.361 e. The predicted octanol–water partition coefficient (Wildman–Crippen LogP) is 3.28. The molecule has 0 aliphatic rings. The molecular weight excluding hydrogens is 384 g/mol. The van der Waals surface area contributed by atoms with Gasteiger partial charge < -0.3 is 10.6 Å². The highest BCUT2D eigenvalue weighted by Crippen LogP contribution is 2.22. The first-order valence-electron chi connectivity index (χ1n) is 10.2. The molecule has 4 N–H and O–H groups in total. The van der Waals surface area contributed by atoms with Crippen LogP contribution in [0.3, 0.4) is 0 Å². The molecule has 0 saturated heterocycles. The van der Waals surface area contributed by atoms with Gasteiger partial charge in [0.05, 0.1) is 0 Å². The lowest BCUT2D eigenvalue weighted by atomic mass is 9.86. The molecule has 0 bridgehead atoms. The van der Waals surface area contributed by atoms with E-state index >= 15 is 0 Å². The maximum atomic E-state index is 12.6. The van der Waals surface area contributed by atoms with Gasteiger partial charge in [-0.2, -0.15) is 0 Å². The fourth-order valence-electron chi connectivity index (χ4n) is 2.60. The van der Waals surface area contributed by atoms with Crippen LogP contribution in [-0.2, 0) is 10.2 Å². The van der Waals surface area contributed by atoms with E-state index in [2.05, 4.69) is 56.1 Å². The van der Waals surface area contributed by atoms with Crippen molar-refractivity contribution in [3.8, 4) is 0 Å². The zero-order valence-electron chi connectivity index (χ0n) is 18.7. The first kappa shape index (κ1) is 24.9. The number of carbonyl (C=O) groups is 2. The number of carbonyl (C=O) groups excluding carboxylic acids is 2. The molecule has 1 rings (SSSR count). The van der Waals surface area contributed by atoms with Crippen LogP contribution < -0.4 is 21.5 Å². The average Bonchev–Trinajstić information content (AvgIpc) is 2.62. The molecule has 7 heteroatoms. The molecule has 0 unspecified atom stereocenters. The second kappa shape index (κ2) is 11.1. The fourth-order valence-corrected chi connectivity index (χ4v) is 2.75. The van der Waals surface area contributed by atoms with E-state index in [1.54, 1.807) is 12.1 Å². The summed E-state index contributed by atoms with van der Waals surface area (Å²) in [7, 11) is 0. The minimum absolute atomic E-state index is 0.0165. The summed E-state index contributed by atoms with van der Waals surface area (Å²) in [6.45, 7) is 15.1. The molecule has 2 amide bonds. The summed E-state index contributed by atoms with van der Waals surface area (Å²) in [4.78, 5) is 25.2. The smallest absolute Gasteiger partial charge is 0.261 e. The summed E-state index contributed by atoms with van der Waals surface area (Å²) < 4.78 is 0. The lowest BCUT2D eigenvalue weighted by Gasteiger charge is -2.23. The van der Waals surface area contributed by atoms with Crippen LogP contribution in [0.2, 0.25) is 0 Å². The van der Waals surface area contributed by atoms with Crippen molar-refractivity contribution >= 4 is 29.1 Å². The van der Waals surface area contributed by atoms with Gasteiger partial charge in [0.1, 0.15) is 6.04 Å². The maximum Gasteiger partial charge on any atom is 0.261 e. The number of rotatable bonds is 7. The predicted molar refractivity (Wildman–Crippen MR) is 123 cm³/mol. The quantitative estimate of drug-likeness (QED) is 0.402. The van der Waals surface area contributed by atoms with E-state index in [0.717, 1.165) is 18.5 Å². The van der Waals surface area contributed by atoms with Crippen molar-refractivity contribution < 1.29 is 9.59 Å². The Morgan fingerprint density at radius 1 is 1.00 bits per heavy atom. The van der Waals surface area contributed by atoms with Crippen LogP contribution in [0.4, 0.5) is 0 Å². The molecule has 0 aliphatic heterocycles. The summed E-state index contributed by atoms with van der Waals surface area (Å²) in [6.07, 6.45) is 0.981. The van der Waals surface area contributed by atoms with Crippen LogP contribution in [0.15, 0.2) is 24.3 Å². The van der Waals surface area contributed by atoms with Crippen LogP contribution in [0.5, 0.6) is 0 Å². The summed E-state index contributed by atoms with van der Waals surface area (Å²) in [5.74, 6) is -0.139. The molecule has 0 heterocycles. The Morgan fingerprint density at radius 3 is 2.07 bits per heavy atom. The Labute approximate surface area is 180 Å². The van der Waals surface area contributed by atoms with Crippen molar-refractivity contribution in [2.75, 3.05) is 6.54 Å². The second-order valence-electron chi connectivity index (χ2n) is 9.08. The molecule has 162 valence electrons. The Balaban J connectivity index is 2.64. The SMILES string of the molecule is CC(C)CCNC(=S)NNC(=O)[C@@H](NC(=O)c1ccc(C(C)(C)C)cc1)C(C)C. The summed E-state index contributed by atoms with van der Waals surface area (Å²) in [5, 5.41) is 6.21. The molecule has 1 aromatic rings. The van der Waals surface area contributed by atoms with E-state index < -0.39 is 6.04 Å². The van der Waals surface area contributed by atoms with Crippen LogP contribution in [0.1, 0.15) is 70.8 Å². The Hall–Kier alpha value is -2.15. The molecule has 0 spiro atoms. The summed E-state index contributed by atoms with van der Waals surface area (Å²) in [6, 6.07) is 6.79. The third-order valence-corrected chi connectivity index (χ3v) is 4.80. The van der Waals surface area contributed by atoms with E-state index in [1.807, 2.05) is 26.0 Å². The Morgan fingerprint density at radius 2 is 1.59 bits per heavy atom. The van der Waals surface area contributed by atoms with E-state index in [-0.39, 0.29) is 23.1 Å². The van der Waals surface area contributed by atoms with Crippen molar-refractivity contribution in [1.82, 2.24) is 21.5 Å². The number of hydrogen-bond donors (Lipinski definition) is 4. The lowest BCUT2D eigenvalue weighted by Crippen LogP contribution is -2.55. The second-order valence-corrected chi connectivity index (χ2v) is 9.48. The van der Waals surface area contributed by atoms with Gasteiger partial charge in [-0.1, -0.05) is 60.6 Å². The molecule has 1 aromatic carbocycles. The van der Waals surface area contributed by atoms with Gasteiger partial charge in [-0.25, -0.2) is 0 Å². The van der Waals surface area contributed by atoms with Gasteiger partial charge in [-0.05, 0) is 53.6 Å². The van der Waals surface area contributed by atoms with Crippen molar-refractivity contribution in [3.05, 3.63) is 35.4 Å². The van der Waals surface area contributed by atoms with Gasteiger partial charge in [-0.15, -0.1) is 0 Å².